The molecule has 5 nitrogen and oxygen atoms in total. The molecular weight excluding hydrogens is 493 g/mol. The number of benzene rings is 2. The van der Waals surface area contributed by atoms with Gasteiger partial charge in [-0.3, -0.25) is 4.79 Å². The average molecular weight is 516 g/mol. The first-order chi connectivity index (χ1) is 16.8. The quantitative estimate of drug-likeness (QED) is 0.574. The molecule has 1 N–H and O–H groups in total. The van der Waals surface area contributed by atoms with Gasteiger partial charge in [-0.2, -0.15) is 26.3 Å². The summed E-state index contributed by atoms with van der Waals surface area (Å²) in [6.45, 7) is 1.64. The smallest absolute Gasteiger partial charge is 0.372 e. The molecule has 12 heteroatoms. The number of anilines is 1. The second-order valence-corrected chi connectivity index (χ2v) is 8.79. The molecule has 2 aromatic carbocycles. The maximum absolute atomic E-state index is 14.1. The van der Waals surface area contributed by atoms with Gasteiger partial charge in [-0.05, 0) is 67.8 Å². The lowest BCUT2D eigenvalue weighted by Crippen LogP contribution is -2.68. The van der Waals surface area contributed by atoms with Crippen LogP contribution < -0.4 is 10.2 Å². The average Bonchev–Trinajstić information content (AvgIpc) is 3.13. The number of nitrogens with one attached hydrogen (secondary N) is 1. The van der Waals surface area contributed by atoms with Crippen molar-refractivity contribution in [1.29, 1.82) is 0 Å². The van der Waals surface area contributed by atoms with Crippen LogP contribution in [-0.4, -0.2) is 60.8 Å². The molecule has 0 aliphatic carbocycles. The van der Waals surface area contributed by atoms with E-state index >= 15 is 0 Å². The van der Waals surface area contributed by atoms with E-state index in [1.165, 1.54) is 12.1 Å². The summed E-state index contributed by atoms with van der Waals surface area (Å²) in [6.07, 6.45) is -11.3. The zero-order valence-electron chi connectivity index (χ0n) is 19.1. The third-order valence-electron chi connectivity index (χ3n) is 6.48. The first-order valence-corrected chi connectivity index (χ1v) is 11.2. The number of amidine groups is 1. The van der Waals surface area contributed by atoms with Gasteiger partial charge < -0.3 is 15.1 Å². The van der Waals surface area contributed by atoms with E-state index in [4.69, 9.17) is 0 Å². The van der Waals surface area contributed by atoms with Crippen molar-refractivity contribution >= 4 is 17.4 Å². The second-order valence-electron chi connectivity index (χ2n) is 8.79. The Kier molecular flexibility index (Phi) is 6.65. The van der Waals surface area contributed by atoms with Crippen molar-refractivity contribution < 1.29 is 35.5 Å². The number of alkyl halides is 6. The molecule has 2 heterocycles. The summed E-state index contributed by atoms with van der Waals surface area (Å²) in [5, 5.41) is 1.90. The lowest BCUT2D eigenvalue weighted by Gasteiger charge is -2.38. The van der Waals surface area contributed by atoms with E-state index < -0.39 is 41.6 Å². The van der Waals surface area contributed by atoms with E-state index in [1.807, 2.05) is 5.32 Å². The van der Waals surface area contributed by atoms with Gasteiger partial charge in [-0.1, -0.05) is 0 Å². The number of carbonyl (C=O) groups is 1. The van der Waals surface area contributed by atoms with Crippen molar-refractivity contribution in [2.75, 3.05) is 25.0 Å². The monoisotopic (exact) mass is 516 g/mol. The Morgan fingerprint density at radius 1 is 0.917 bits per heavy atom. The highest BCUT2D eigenvalue weighted by molar-refractivity contribution is 6.02. The van der Waals surface area contributed by atoms with Crippen LogP contribution in [0.4, 0.5) is 36.4 Å². The summed E-state index contributed by atoms with van der Waals surface area (Å²) in [7, 11) is 0.964. The Morgan fingerprint density at radius 2 is 1.47 bits per heavy atom. The first-order valence-electron chi connectivity index (χ1n) is 11.2. The van der Waals surface area contributed by atoms with E-state index in [0.717, 1.165) is 69.4 Å². The van der Waals surface area contributed by atoms with Crippen LogP contribution in [0.15, 0.2) is 53.5 Å². The number of halogens is 7. The van der Waals surface area contributed by atoms with Gasteiger partial charge in [0.1, 0.15) is 17.8 Å². The van der Waals surface area contributed by atoms with E-state index in [9.17, 15) is 35.5 Å². The van der Waals surface area contributed by atoms with Gasteiger partial charge in [0, 0.05) is 37.0 Å². The summed E-state index contributed by atoms with van der Waals surface area (Å²) >= 11 is 0. The first kappa shape index (κ1) is 25.8. The topological polar surface area (TPSA) is 47.9 Å². The number of amides is 1. The molecular formula is C24H23F7N4O. The highest BCUT2D eigenvalue weighted by Crippen LogP contribution is 2.51. The fraction of sp³-hybridized carbons (Fsp3) is 0.417. The summed E-state index contributed by atoms with van der Waals surface area (Å²) in [4.78, 5) is 18.7. The zero-order valence-corrected chi connectivity index (χ0v) is 19.1. The van der Waals surface area contributed by atoms with Crippen LogP contribution in [0.2, 0.25) is 0 Å². The van der Waals surface area contributed by atoms with Gasteiger partial charge in [0.15, 0.2) is 0 Å². The predicted octanol–water partition coefficient (Wildman–Crippen LogP) is 5.13. The van der Waals surface area contributed by atoms with Crippen molar-refractivity contribution in [2.45, 2.75) is 43.3 Å². The standard InChI is InChI=1S/C24H23F7N4O/c1-34-19(15-5-9-17(25)10-6-15)33-22(23(26,27)28,24(29,30)31)21(34)32-20(36)16-7-11-18(12-8-16)35-13-3-2-4-14-35/h5-12,21H,2-4,13-14H2,1H3,(H,32,36). The van der Waals surface area contributed by atoms with E-state index in [1.54, 1.807) is 12.1 Å². The molecule has 0 radical (unpaired) electrons. The minimum absolute atomic E-state index is 0.0994. The molecule has 194 valence electrons. The summed E-state index contributed by atoms with van der Waals surface area (Å²) < 4.78 is 98.1. The Bertz CT molecular complexity index is 1110. The van der Waals surface area contributed by atoms with Crippen LogP contribution in [0.25, 0.3) is 0 Å². The lowest BCUT2D eigenvalue weighted by atomic mass is 9.94. The van der Waals surface area contributed by atoms with Gasteiger partial charge in [0.2, 0.25) is 0 Å². The molecule has 0 spiro atoms. The van der Waals surface area contributed by atoms with Crippen LogP contribution >= 0.6 is 0 Å². The third kappa shape index (κ3) is 4.48. The predicted molar refractivity (Wildman–Crippen MR) is 119 cm³/mol. The maximum Gasteiger partial charge on any atom is 0.426 e. The Balaban J connectivity index is 1.67. The molecule has 2 aliphatic heterocycles. The fourth-order valence-electron chi connectivity index (χ4n) is 4.56. The summed E-state index contributed by atoms with van der Waals surface area (Å²) in [5.74, 6) is -2.53. The van der Waals surface area contributed by atoms with E-state index in [-0.39, 0.29) is 11.1 Å². The number of nitrogens with zero attached hydrogens (tertiary/aromatic N) is 3. The molecule has 1 unspecified atom stereocenters. The minimum Gasteiger partial charge on any atom is -0.372 e. The van der Waals surface area contributed by atoms with Gasteiger partial charge in [0.25, 0.3) is 11.4 Å². The highest BCUT2D eigenvalue weighted by atomic mass is 19.4. The number of carbonyl (C=O) groups excluding carboxylic acids is 1. The third-order valence-corrected chi connectivity index (χ3v) is 6.48. The normalized spacial score (nSPS) is 20.3. The molecule has 36 heavy (non-hydrogen) atoms. The zero-order chi connectivity index (χ0) is 26.3. The highest BCUT2D eigenvalue weighted by Gasteiger charge is 2.78. The molecule has 2 aliphatic rings. The van der Waals surface area contributed by atoms with Gasteiger partial charge in [-0.15, -0.1) is 0 Å². The second kappa shape index (κ2) is 9.29. The Labute approximate surface area is 202 Å². The van der Waals surface area contributed by atoms with Crippen molar-refractivity contribution in [3.8, 4) is 0 Å². The van der Waals surface area contributed by atoms with E-state index in [2.05, 4.69) is 9.89 Å². The van der Waals surface area contributed by atoms with Gasteiger partial charge >= 0.3 is 12.4 Å². The summed E-state index contributed by atoms with van der Waals surface area (Å²) in [6, 6.07) is 9.77. The lowest BCUT2D eigenvalue weighted by molar-refractivity contribution is -0.304. The summed E-state index contributed by atoms with van der Waals surface area (Å²) in [5.41, 5.74) is -4.09. The Morgan fingerprint density at radius 3 is 2.00 bits per heavy atom. The molecule has 1 saturated heterocycles. The molecule has 0 saturated carbocycles. The molecule has 1 amide bonds. The van der Waals surface area contributed by atoms with Crippen LogP contribution in [0.5, 0.6) is 0 Å². The molecule has 4 rings (SSSR count). The number of likely N-dealkylation sites (N-methyl/N-ethyl adjacent to an activating group) is 1. The van der Waals surface area contributed by atoms with Crippen LogP contribution in [0.1, 0.15) is 35.2 Å². The molecule has 0 bridgehead atoms. The van der Waals surface area contributed by atoms with Gasteiger partial charge in [0.05, 0.1) is 0 Å². The number of hydrogen-bond donors (Lipinski definition) is 1. The van der Waals surface area contributed by atoms with Crippen LogP contribution in [0, 0.1) is 5.82 Å². The molecule has 1 atom stereocenters. The number of piperidine rings is 1. The fourth-order valence-corrected chi connectivity index (χ4v) is 4.56. The van der Waals surface area contributed by atoms with Crippen molar-refractivity contribution in [3.63, 3.8) is 0 Å². The largest absolute Gasteiger partial charge is 0.426 e. The Hall–Kier alpha value is -3.31. The minimum atomic E-state index is -5.91. The van der Waals surface area contributed by atoms with Crippen LogP contribution in [0.3, 0.4) is 0 Å². The van der Waals surface area contributed by atoms with E-state index in [0.29, 0.717) is 4.90 Å². The number of aliphatic imine (C=N–C) groups is 1. The maximum atomic E-state index is 14.1. The van der Waals surface area contributed by atoms with Crippen molar-refractivity contribution in [2.24, 2.45) is 4.99 Å². The molecule has 2 aromatic rings. The van der Waals surface area contributed by atoms with Gasteiger partial charge in [-0.25, -0.2) is 9.38 Å². The van der Waals surface area contributed by atoms with Crippen molar-refractivity contribution in [1.82, 2.24) is 10.2 Å². The number of rotatable bonds is 4. The molecule has 1 fully saturated rings. The SMILES string of the molecule is CN1C(c2ccc(F)cc2)=NC(C(F)(F)F)(C(F)(F)F)C1NC(=O)c1ccc(N2CCCCC2)cc1. The van der Waals surface area contributed by atoms with Crippen LogP contribution in [-0.2, 0) is 0 Å². The van der Waals surface area contributed by atoms with Crippen molar-refractivity contribution in [3.05, 3.63) is 65.5 Å². The number of hydrogen-bond acceptors (Lipinski definition) is 4. The molecule has 0 aromatic heterocycles.